The molecule has 42 heavy (non-hydrogen) atoms. The number of carbonyl (C=O) groups excluding carboxylic acids is 1. The number of halogens is 1. The van der Waals surface area contributed by atoms with Crippen LogP contribution in [0.1, 0.15) is 32.0 Å². The first-order valence-electron chi connectivity index (χ1n) is 12.7. The van der Waals surface area contributed by atoms with Crippen molar-refractivity contribution in [2.45, 2.75) is 44.4 Å². The maximum Gasteiger partial charge on any atom is 0.416 e. The number of pyridine rings is 1. The minimum atomic E-state index is -4.14. The molecule has 0 fully saturated rings. The van der Waals surface area contributed by atoms with E-state index in [0.29, 0.717) is 5.56 Å². The van der Waals surface area contributed by atoms with E-state index in [1.807, 2.05) is 17.5 Å². The lowest BCUT2D eigenvalue weighted by molar-refractivity contribution is -0.135. The highest BCUT2D eigenvalue weighted by Crippen LogP contribution is 2.26. The lowest BCUT2D eigenvalue weighted by atomic mass is 10.1. The smallest absolute Gasteiger partial charge is 0.416 e. The minimum absolute atomic E-state index is 0.0175. The number of nitrogens with zero attached hydrogens (tertiary/aromatic N) is 4. The molecular weight excluding hydrogens is 583 g/mol. The zero-order chi connectivity index (χ0) is 30.5. The van der Waals surface area contributed by atoms with Gasteiger partial charge in [-0.1, -0.05) is 30.3 Å². The van der Waals surface area contributed by atoms with Crippen LogP contribution in [-0.2, 0) is 32.6 Å². The third kappa shape index (κ3) is 7.96. The van der Waals surface area contributed by atoms with Crippen molar-refractivity contribution in [1.29, 1.82) is 0 Å². The normalized spacial score (nSPS) is 11.8. The highest BCUT2D eigenvalue weighted by Gasteiger charge is 2.28. The summed E-state index contributed by atoms with van der Waals surface area (Å²) < 4.78 is 47.6. The number of thiazole rings is 1. The third-order valence-corrected chi connectivity index (χ3v) is 8.39. The maximum atomic E-state index is 13.7. The highest BCUT2D eigenvalue weighted by molar-refractivity contribution is 7.89. The van der Waals surface area contributed by atoms with E-state index in [2.05, 4.69) is 9.97 Å². The van der Waals surface area contributed by atoms with E-state index in [4.69, 9.17) is 4.74 Å². The van der Waals surface area contributed by atoms with E-state index in [9.17, 15) is 27.5 Å². The molecule has 2 heterocycles. The number of hydrogen-bond donors (Lipinski definition) is 1. The number of rotatable bonds is 10. The number of carbonyl (C=O) groups is 2. The molecular formula is C29H29FN4O6S2. The van der Waals surface area contributed by atoms with Gasteiger partial charge in [0, 0.05) is 23.7 Å². The molecule has 4 aromatic rings. The lowest BCUT2D eigenvalue weighted by Crippen LogP contribution is -2.40. The Balaban J connectivity index is 1.67. The summed E-state index contributed by atoms with van der Waals surface area (Å²) in [4.78, 5) is 33.8. The lowest BCUT2D eigenvalue weighted by Gasteiger charge is -2.26. The summed E-state index contributed by atoms with van der Waals surface area (Å²) in [7, 11) is -4.14. The first-order chi connectivity index (χ1) is 19.8. The van der Waals surface area contributed by atoms with Crippen LogP contribution >= 0.6 is 11.3 Å². The number of carboxylic acids is 1. The van der Waals surface area contributed by atoms with E-state index in [-0.39, 0.29) is 29.5 Å². The summed E-state index contributed by atoms with van der Waals surface area (Å²) >= 11 is 1.48. The fourth-order valence-corrected chi connectivity index (χ4v) is 5.93. The van der Waals surface area contributed by atoms with Crippen molar-refractivity contribution in [1.82, 2.24) is 14.3 Å². The molecule has 0 aliphatic rings. The summed E-state index contributed by atoms with van der Waals surface area (Å²) in [5.41, 5.74) is 0.923. The molecule has 0 saturated heterocycles. The summed E-state index contributed by atoms with van der Waals surface area (Å²) in [6.45, 7) is 3.96. The molecule has 13 heteroatoms. The molecule has 2 aromatic heterocycles. The van der Waals surface area contributed by atoms with Crippen LogP contribution in [0.4, 0.5) is 15.0 Å². The second kappa shape index (κ2) is 12.8. The van der Waals surface area contributed by atoms with Crippen molar-refractivity contribution in [3.8, 4) is 10.6 Å². The summed E-state index contributed by atoms with van der Waals surface area (Å²) in [5.74, 6) is -1.88. The van der Waals surface area contributed by atoms with Crippen molar-refractivity contribution in [2.24, 2.45) is 0 Å². The van der Waals surface area contributed by atoms with Gasteiger partial charge in [0.15, 0.2) is 0 Å². The molecule has 220 valence electrons. The van der Waals surface area contributed by atoms with Gasteiger partial charge in [0.05, 0.1) is 17.1 Å². The summed E-state index contributed by atoms with van der Waals surface area (Å²) in [6, 6.07) is 16.3. The van der Waals surface area contributed by atoms with Gasteiger partial charge in [-0.25, -0.2) is 27.6 Å². The molecule has 0 aliphatic carbocycles. The summed E-state index contributed by atoms with van der Waals surface area (Å²) in [5, 5.41) is 12.1. The number of aromatic nitrogens is 2. The largest absolute Gasteiger partial charge is 0.480 e. The van der Waals surface area contributed by atoms with Gasteiger partial charge >= 0.3 is 12.1 Å². The van der Waals surface area contributed by atoms with Gasteiger partial charge in [0.25, 0.3) is 0 Å². The van der Waals surface area contributed by atoms with Gasteiger partial charge in [-0.15, -0.1) is 11.3 Å². The third-order valence-electron chi connectivity index (χ3n) is 5.76. The van der Waals surface area contributed by atoms with Crippen molar-refractivity contribution in [2.75, 3.05) is 11.4 Å². The SMILES string of the molecule is CC(C)(C)OC(=O)N(CC(=O)O)c1cccc(CN(Cc2ccc(-c3nccs3)cc2)S(=O)(=O)c2ccc(F)cc2)n1. The maximum absolute atomic E-state index is 13.7. The van der Waals surface area contributed by atoms with E-state index >= 15 is 0 Å². The molecule has 1 amide bonds. The second-order valence-electron chi connectivity index (χ2n) is 10.2. The van der Waals surface area contributed by atoms with Crippen LogP contribution in [0.5, 0.6) is 0 Å². The van der Waals surface area contributed by atoms with Crippen molar-refractivity contribution >= 4 is 39.2 Å². The second-order valence-corrected chi connectivity index (χ2v) is 13.0. The topological polar surface area (TPSA) is 130 Å². The number of ether oxygens (including phenoxy) is 1. The van der Waals surface area contributed by atoms with Gasteiger partial charge in [-0.2, -0.15) is 4.31 Å². The van der Waals surface area contributed by atoms with E-state index in [1.54, 1.807) is 51.2 Å². The first-order valence-corrected chi connectivity index (χ1v) is 15.1. The Labute approximate surface area is 247 Å². The standard InChI is InChI=1S/C29H29FN4O6S2/c1-29(2,3)40-28(37)34(19-26(35)36)25-6-4-5-23(32-25)18-33(42(38,39)24-13-11-22(30)12-14-24)17-20-7-9-21(10-8-20)27-31-15-16-41-27/h4-16H,17-19H2,1-3H3,(H,35,36). The van der Waals surface area contributed by atoms with Crippen LogP contribution in [0.2, 0.25) is 0 Å². The Morgan fingerprint density at radius 1 is 1.00 bits per heavy atom. The number of sulfonamides is 1. The molecule has 4 rings (SSSR count). The first kappa shape index (κ1) is 30.8. The Bertz CT molecular complexity index is 1640. The summed E-state index contributed by atoms with van der Waals surface area (Å²) in [6.07, 6.45) is 0.789. The average Bonchev–Trinajstić information content (AvgIpc) is 3.46. The predicted molar refractivity (Wildman–Crippen MR) is 156 cm³/mol. The number of benzene rings is 2. The minimum Gasteiger partial charge on any atom is -0.480 e. The van der Waals surface area contributed by atoms with Gasteiger partial charge in [0.1, 0.15) is 28.8 Å². The highest BCUT2D eigenvalue weighted by atomic mass is 32.2. The Hall–Kier alpha value is -4.20. The van der Waals surface area contributed by atoms with E-state index < -0.39 is 40.0 Å². The predicted octanol–water partition coefficient (Wildman–Crippen LogP) is 5.56. The fraction of sp³-hybridized carbons (Fsp3) is 0.241. The molecule has 1 N–H and O–H groups in total. The van der Waals surface area contributed by atoms with Crippen LogP contribution in [0.15, 0.2) is 83.2 Å². The van der Waals surface area contributed by atoms with Crippen molar-refractivity contribution < 1.29 is 32.2 Å². The molecule has 0 atom stereocenters. The van der Waals surface area contributed by atoms with E-state index in [0.717, 1.165) is 27.6 Å². The molecule has 0 aliphatic heterocycles. The van der Waals surface area contributed by atoms with Crippen LogP contribution in [0.25, 0.3) is 10.6 Å². The van der Waals surface area contributed by atoms with E-state index in [1.165, 1.54) is 33.8 Å². The zero-order valence-electron chi connectivity index (χ0n) is 23.1. The molecule has 2 aromatic carbocycles. The molecule has 0 spiro atoms. The van der Waals surface area contributed by atoms with Crippen molar-refractivity contribution in [3.63, 3.8) is 0 Å². The number of aliphatic carboxylic acids is 1. The number of amides is 1. The van der Waals surface area contributed by atoms with Gasteiger partial charge in [0.2, 0.25) is 10.0 Å². The number of anilines is 1. The quantitative estimate of drug-likeness (QED) is 0.246. The molecule has 0 radical (unpaired) electrons. The average molecular weight is 613 g/mol. The fourth-order valence-electron chi connectivity index (χ4n) is 3.88. The number of carboxylic acid groups (broad SMARTS) is 1. The number of hydrogen-bond acceptors (Lipinski definition) is 8. The van der Waals surface area contributed by atoms with Crippen LogP contribution < -0.4 is 4.90 Å². The molecule has 10 nitrogen and oxygen atoms in total. The Morgan fingerprint density at radius 3 is 2.29 bits per heavy atom. The van der Waals surface area contributed by atoms with Crippen LogP contribution in [-0.4, -0.2) is 52.0 Å². The van der Waals surface area contributed by atoms with Gasteiger partial charge in [-0.05, 0) is 62.7 Å². The van der Waals surface area contributed by atoms with Crippen LogP contribution in [0, 0.1) is 5.82 Å². The zero-order valence-corrected chi connectivity index (χ0v) is 24.7. The molecule has 0 unspecified atom stereocenters. The van der Waals surface area contributed by atoms with Crippen molar-refractivity contribution in [3.05, 3.63) is 95.4 Å². The van der Waals surface area contributed by atoms with Gasteiger partial charge < -0.3 is 9.84 Å². The molecule has 0 saturated carbocycles. The van der Waals surface area contributed by atoms with Gasteiger partial charge in [-0.3, -0.25) is 9.69 Å². The Morgan fingerprint density at radius 2 is 1.69 bits per heavy atom. The van der Waals surface area contributed by atoms with Crippen LogP contribution in [0.3, 0.4) is 0 Å². The molecule has 0 bridgehead atoms. The Kier molecular flexibility index (Phi) is 9.34. The monoisotopic (exact) mass is 612 g/mol.